The number of methoxy groups -OCH3 is 1. The van der Waals surface area contributed by atoms with Crippen molar-refractivity contribution in [1.82, 2.24) is 10.3 Å². The topological polar surface area (TPSA) is 83.2 Å². The number of anilines is 1. The van der Waals surface area contributed by atoms with Gasteiger partial charge in [-0.25, -0.2) is 4.39 Å². The molecule has 0 bridgehead atoms. The van der Waals surface area contributed by atoms with Crippen LogP contribution in [-0.4, -0.2) is 37.1 Å². The van der Waals surface area contributed by atoms with Gasteiger partial charge in [0.15, 0.2) is 0 Å². The van der Waals surface area contributed by atoms with Crippen molar-refractivity contribution in [2.45, 2.75) is 13.8 Å². The SMILES string of the molecule is COCCNC(=O)c1c(C)[nH]c(/C=C2\C(=O)Nc3ccc(F)cc32)c1C. The second-order valence-corrected chi connectivity index (χ2v) is 6.11. The van der Waals surface area contributed by atoms with Crippen molar-refractivity contribution in [2.75, 3.05) is 25.6 Å². The molecule has 1 aromatic carbocycles. The molecule has 3 rings (SSSR count). The van der Waals surface area contributed by atoms with Crippen molar-refractivity contribution in [3.8, 4) is 0 Å². The number of ether oxygens (including phenoxy) is 1. The zero-order valence-electron chi connectivity index (χ0n) is 14.8. The number of carbonyl (C=O) groups is 2. The van der Waals surface area contributed by atoms with Crippen molar-refractivity contribution >= 4 is 29.2 Å². The van der Waals surface area contributed by atoms with Crippen LogP contribution < -0.4 is 10.6 Å². The smallest absolute Gasteiger partial charge is 0.256 e. The summed E-state index contributed by atoms with van der Waals surface area (Å²) in [6, 6.07) is 4.15. The molecule has 1 aliphatic rings. The third kappa shape index (κ3) is 3.25. The van der Waals surface area contributed by atoms with Gasteiger partial charge in [-0.2, -0.15) is 0 Å². The van der Waals surface area contributed by atoms with E-state index in [0.717, 1.165) is 5.56 Å². The molecule has 0 fully saturated rings. The lowest BCUT2D eigenvalue weighted by Gasteiger charge is -2.05. The van der Waals surface area contributed by atoms with E-state index in [-0.39, 0.29) is 11.8 Å². The summed E-state index contributed by atoms with van der Waals surface area (Å²) in [5.74, 6) is -0.924. The van der Waals surface area contributed by atoms with Gasteiger partial charge in [0.1, 0.15) is 5.82 Å². The highest BCUT2D eigenvalue weighted by atomic mass is 19.1. The maximum absolute atomic E-state index is 13.6. The van der Waals surface area contributed by atoms with Crippen molar-refractivity contribution in [3.63, 3.8) is 0 Å². The van der Waals surface area contributed by atoms with Crippen LogP contribution in [0.3, 0.4) is 0 Å². The third-order valence-electron chi connectivity index (χ3n) is 4.35. The molecule has 2 aromatic rings. The van der Waals surface area contributed by atoms with Crippen LogP contribution in [0.15, 0.2) is 18.2 Å². The van der Waals surface area contributed by atoms with Crippen molar-refractivity contribution in [2.24, 2.45) is 0 Å². The largest absolute Gasteiger partial charge is 0.383 e. The van der Waals surface area contributed by atoms with Gasteiger partial charge < -0.3 is 20.4 Å². The first-order chi connectivity index (χ1) is 12.4. The molecule has 0 aliphatic carbocycles. The van der Waals surface area contributed by atoms with Gasteiger partial charge in [0.05, 0.1) is 17.7 Å². The number of hydrogen-bond donors (Lipinski definition) is 3. The third-order valence-corrected chi connectivity index (χ3v) is 4.35. The van der Waals surface area contributed by atoms with Gasteiger partial charge in [0.2, 0.25) is 0 Å². The average molecular weight is 357 g/mol. The molecule has 0 radical (unpaired) electrons. The number of amides is 2. The van der Waals surface area contributed by atoms with Crippen molar-refractivity contribution in [1.29, 1.82) is 0 Å². The Hall–Kier alpha value is -2.93. The highest BCUT2D eigenvalue weighted by molar-refractivity contribution is 6.34. The van der Waals surface area contributed by atoms with E-state index < -0.39 is 5.82 Å². The molecule has 26 heavy (non-hydrogen) atoms. The predicted molar refractivity (Wildman–Crippen MR) is 97.4 cm³/mol. The first kappa shape index (κ1) is 17.9. The Morgan fingerprint density at radius 1 is 1.35 bits per heavy atom. The minimum absolute atomic E-state index is 0.208. The summed E-state index contributed by atoms with van der Waals surface area (Å²) in [4.78, 5) is 27.8. The molecule has 0 saturated carbocycles. The maximum Gasteiger partial charge on any atom is 0.256 e. The first-order valence-electron chi connectivity index (χ1n) is 8.21. The molecule has 136 valence electrons. The second-order valence-electron chi connectivity index (χ2n) is 6.11. The highest BCUT2D eigenvalue weighted by Crippen LogP contribution is 2.34. The van der Waals surface area contributed by atoms with Gasteiger partial charge in [-0.3, -0.25) is 9.59 Å². The van der Waals surface area contributed by atoms with Crippen molar-refractivity contribution < 1.29 is 18.7 Å². The van der Waals surface area contributed by atoms with E-state index >= 15 is 0 Å². The number of benzene rings is 1. The summed E-state index contributed by atoms with van der Waals surface area (Å²) < 4.78 is 18.5. The number of hydrogen-bond acceptors (Lipinski definition) is 3. The second kappa shape index (κ2) is 7.13. The number of fused-ring (bicyclic) bond motifs is 1. The molecule has 3 N–H and O–H groups in total. The van der Waals surface area contributed by atoms with Gasteiger partial charge >= 0.3 is 0 Å². The van der Waals surface area contributed by atoms with Crippen LogP contribution in [0.4, 0.5) is 10.1 Å². The summed E-state index contributed by atoms with van der Waals surface area (Å²) >= 11 is 0. The van der Waals surface area contributed by atoms with Crippen LogP contribution in [0, 0.1) is 19.7 Å². The average Bonchev–Trinajstić information content (AvgIpc) is 3.04. The Morgan fingerprint density at radius 3 is 2.85 bits per heavy atom. The molecule has 0 atom stereocenters. The van der Waals surface area contributed by atoms with E-state index in [0.29, 0.717) is 46.9 Å². The van der Waals surface area contributed by atoms with Crippen LogP contribution in [0.5, 0.6) is 0 Å². The van der Waals surface area contributed by atoms with Crippen molar-refractivity contribution in [3.05, 3.63) is 52.1 Å². The summed E-state index contributed by atoms with van der Waals surface area (Å²) in [6.07, 6.45) is 1.65. The van der Waals surface area contributed by atoms with Gasteiger partial charge in [-0.1, -0.05) is 0 Å². The maximum atomic E-state index is 13.6. The van der Waals surface area contributed by atoms with E-state index in [4.69, 9.17) is 4.74 Å². The molecule has 0 saturated heterocycles. The highest BCUT2D eigenvalue weighted by Gasteiger charge is 2.26. The molecule has 7 heteroatoms. The number of carbonyl (C=O) groups excluding carboxylic acids is 2. The number of rotatable bonds is 5. The van der Waals surface area contributed by atoms with Crippen LogP contribution in [0.2, 0.25) is 0 Å². The molecule has 2 amide bonds. The van der Waals surface area contributed by atoms with E-state index in [1.165, 1.54) is 18.2 Å². The van der Waals surface area contributed by atoms with E-state index in [9.17, 15) is 14.0 Å². The minimum atomic E-state index is -0.413. The van der Waals surface area contributed by atoms with Gasteiger partial charge in [-0.05, 0) is 43.7 Å². The Bertz CT molecular complexity index is 915. The van der Waals surface area contributed by atoms with Crippen LogP contribution in [-0.2, 0) is 9.53 Å². The Kier molecular flexibility index (Phi) is 4.90. The first-order valence-corrected chi connectivity index (χ1v) is 8.21. The zero-order valence-corrected chi connectivity index (χ0v) is 14.8. The normalized spacial score (nSPS) is 14.5. The van der Waals surface area contributed by atoms with E-state index in [1.807, 2.05) is 0 Å². The molecule has 6 nitrogen and oxygen atoms in total. The van der Waals surface area contributed by atoms with E-state index in [2.05, 4.69) is 15.6 Å². The quantitative estimate of drug-likeness (QED) is 0.568. The van der Waals surface area contributed by atoms with Crippen LogP contribution >= 0.6 is 0 Å². The number of aromatic nitrogens is 1. The lowest BCUT2D eigenvalue weighted by molar-refractivity contribution is -0.110. The number of halogens is 1. The Morgan fingerprint density at radius 2 is 2.12 bits per heavy atom. The molecular formula is C19H20FN3O3. The predicted octanol–water partition coefficient (Wildman–Crippen LogP) is 2.64. The van der Waals surface area contributed by atoms with Gasteiger partial charge in [-0.15, -0.1) is 0 Å². The minimum Gasteiger partial charge on any atom is -0.383 e. The monoisotopic (exact) mass is 357 g/mol. The van der Waals surface area contributed by atoms with Gasteiger partial charge in [0, 0.05) is 36.3 Å². The fraction of sp³-hybridized carbons (Fsp3) is 0.263. The fourth-order valence-electron chi connectivity index (χ4n) is 3.06. The van der Waals surface area contributed by atoms with E-state index in [1.54, 1.807) is 27.0 Å². The Labute approximate surface area is 150 Å². The zero-order chi connectivity index (χ0) is 18.8. The number of aryl methyl sites for hydroxylation is 1. The molecule has 1 aliphatic heterocycles. The molecule has 0 unspecified atom stereocenters. The van der Waals surface area contributed by atoms with Crippen LogP contribution in [0.25, 0.3) is 11.6 Å². The summed E-state index contributed by atoms with van der Waals surface area (Å²) in [5, 5.41) is 5.50. The summed E-state index contributed by atoms with van der Waals surface area (Å²) in [5.41, 5.74) is 4.03. The number of H-pyrrole nitrogens is 1. The molecule has 2 heterocycles. The molecule has 0 spiro atoms. The summed E-state index contributed by atoms with van der Waals surface area (Å²) in [7, 11) is 1.57. The number of aromatic amines is 1. The lowest BCUT2D eigenvalue weighted by Crippen LogP contribution is -2.27. The summed E-state index contributed by atoms with van der Waals surface area (Å²) in [6.45, 7) is 4.43. The molecule has 1 aromatic heterocycles. The lowest BCUT2D eigenvalue weighted by atomic mass is 10.0. The number of nitrogens with one attached hydrogen (secondary N) is 3. The Balaban J connectivity index is 1.96. The van der Waals surface area contributed by atoms with Crippen LogP contribution in [0.1, 0.15) is 32.9 Å². The van der Waals surface area contributed by atoms with Gasteiger partial charge in [0.25, 0.3) is 11.8 Å². The fourth-order valence-corrected chi connectivity index (χ4v) is 3.06. The molecular weight excluding hydrogens is 337 g/mol. The standard InChI is InChI=1S/C19H20FN3O3/c1-10-16(22-11(2)17(10)19(25)21-6-7-26-3)9-14-13-8-12(20)4-5-15(13)23-18(14)24/h4-5,8-9,22H,6-7H2,1-3H3,(H,21,25)(H,23,24)/b14-9-.